The number of fused-ring (bicyclic) bond motifs is 1. The molecule has 0 radical (unpaired) electrons. The van der Waals surface area contributed by atoms with Gasteiger partial charge in [0.25, 0.3) is 0 Å². The van der Waals surface area contributed by atoms with Crippen molar-refractivity contribution in [2.75, 3.05) is 0 Å². The summed E-state index contributed by atoms with van der Waals surface area (Å²) in [6.07, 6.45) is 5.12. The normalized spacial score (nSPS) is 10.5. The molecule has 23 heavy (non-hydrogen) atoms. The number of amides is 1. The number of nitrogens with zero attached hydrogens (tertiary/aromatic N) is 3. The maximum atomic E-state index is 11.6. The molecule has 0 saturated carbocycles. The zero-order chi connectivity index (χ0) is 16.2. The Bertz CT molecular complexity index is 858. The molecule has 5 nitrogen and oxygen atoms in total. The van der Waals surface area contributed by atoms with Gasteiger partial charge in [0.05, 0.1) is 11.0 Å². The van der Waals surface area contributed by atoms with Gasteiger partial charge in [-0.15, -0.1) is 0 Å². The maximum absolute atomic E-state index is 11.6. The second-order valence-electron chi connectivity index (χ2n) is 5.57. The molecule has 3 aromatic rings. The monoisotopic (exact) mass is 306 g/mol. The molecule has 3 rings (SSSR count). The number of allylic oxidation sites excluding steroid dienone is 1. The lowest BCUT2D eigenvalue weighted by atomic mass is 10.2. The average molecular weight is 306 g/mol. The van der Waals surface area contributed by atoms with E-state index in [1.54, 1.807) is 18.6 Å². The average Bonchev–Trinajstić information content (AvgIpc) is 2.97. The molecule has 0 aliphatic carbocycles. The van der Waals surface area contributed by atoms with Gasteiger partial charge in [-0.1, -0.05) is 23.8 Å². The number of para-hydroxylation sites is 2. The third kappa shape index (κ3) is 3.45. The van der Waals surface area contributed by atoms with E-state index in [-0.39, 0.29) is 5.91 Å². The van der Waals surface area contributed by atoms with E-state index in [2.05, 4.69) is 15.3 Å². The second kappa shape index (κ2) is 6.44. The fourth-order valence-electron chi connectivity index (χ4n) is 2.31. The summed E-state index contributed by atoms with van der Waals surface area (Å²) in [5.74, 6) is 0.716. The summed E-state index contributed by atoms with van der Waals surface area (Å²) in [5.41, 5.74) is 3.88. The summed E-state index contributed by atoms with van der Waals surface area (Å²) in [4.78, 5) is 20.4. The van der Waals surface area contributed by atoms with Crippen LogP contribution >= 0.6 is 0 Å². The van der Waals surface area contributed by atoms with Crippen LogP contribution in [-0.2, 0) is 11.3 Å². The third-order valence-electron chi connectivity index (χ3n) is 3.40. The minimum atomic E-state index is -0.0883. The van der Waals surface area contributed by atoms with E-state index in [9.17, 15) is 4.79 Å². The van der Waals surface area contributed by atoms with Crippen LogP contribution in [0.1, 0.15) is 19.4 Å². The van der Waals surface area contributed by atoms with Gasteiger partial charge in [-0.25, -0.2) is 9.97 Å². The highest BCUT2D eigenvalue weighted by atomic mass is 16.1. The van der Waals surface area contributed by atoms with Gasteiger partial charge < -0.3 is 5.32 Å². The van der Waals surface area contributed by atoms with E-state index in [1.165, 1.54) is 0 Å². The molecule has 0 saturated heterocycles. The molecule has 0 bridgehead atoms. The van der Waals surface area contributed by atoms with Crippen molar-refractivity contribution >= 4 is 16.9 Å². The molecule has 0 unspecified atom stereocenters. The molecule has 1 aromatic carbocycles. The zero-order valence-electron chi connectivity index (χ0n) is 13.2. The Morgan fingerprint density at radius 2 is 2.00 bits per heavy atom. The van der Waals surface area contributed by atoms with Crippen molar-refractivity contribution in [3.05, 3.63) is 66.1 Å². The third-order valence-corrected chi connectivity index (χ3v) is 3.40. The standard InChI is InChI=1S/C18H18N4O/c1-13(2)9-18(23)20-11-14-7-8-17(19-10-14)22-12-21-15-5-3-4-6-16(15)22/h3-10,12H,11H2,1-2H3,(H,20,23). The fourth-order valence-corrected chi connectivity index (χ4v) is 2.31. The smallest absolute Gasteiger partial charge is 0.244 e. The molecule has 0 fully saturated rings. The summed E-state index contributed by atoms with van der Waals surface area (Å²) in [7, 11) is 0. The number of carbonyl (C=O) groups excluding carboxylic acids is 1. The fraction of sp³-hybridized carbons (Fsp3) is 0.167. The minimum Gasteiger partial charge on any atom is -0.348 e. The zero-order valence-corrected chi connectivity index (χ0v) is 13.2. The van der Waals surface area contributed by atoms with Crippen molar-refractivity contribution < 1.29 is 4.79 Å². The maximum Gasteiger partial charge on any atom is 0.244 e. The highest BCUT2D eigenvalue weighted by Gasteiger charge is 2.05. The van der Waals surface area contributed by atoms with E-state index >= 15 is 0 Å². The first-order valence-corrected chi connectivity index (χ1v) is 7.43. The van der Waals surface area contributed by atoms with Gasteiger partial charge in [0.2, 0.25) is 5.91 Å². The van der Waals surface area contributed by atoms with Gasteiger partial charge in [0.15, 0.2) is 0 Å². The summed E-state index contributed by atoms with van der Waals surface area (Å²) >= 11 is 0. The van der Waals surface area contributed by atoms with Crippen molar-refractivity contribution in [3.8, 4) is 5.82 Å². The molecular weight excluding hydrogens is 288 g/mol. The van der Waals surface area contributed by atoms with Crippen molar-refractivity contribution in [3.63, 3.8) is 0 Å². The first kappa shape index (κ1) is 15.0. The number of nitrogens with one attached hydrogen (secondary N) is 1. The molecule has 0 spiro atoms. The quantitative estimate of drug-likeness (QED) is 0.754. The van der Waals surface area contributed by atoms with Gasteiger partial charge in [0.1, 0.15) is 12.1 Å². The van der Waals surface area contributed by atoms with Crippen LogP contribution in [-0.4, -0.2) is 20.4 Å². The van der Waals surface area contributed by atoms with Crippen LogP contribution in [0.25, 0.3) is 16.9 Å². The first-order chi connectivity index (χ1) is 11.1. The SMILES string of the molecule is CC(C)=CC(=O)NCc1ccc(-n2cnc3ccccc32)nc1. The number of carbonyl (C=O) groups is 1. The van der Waals surface area contributed by atoms with Crippen molar-refractivity contribution in [2.24, 2.45) is 0 Å². The number of benzene rings is 1. The molecule has 2 aromatic heterocycles. The molecular formula is C18H18N4O. The number of aromatic nitrogens is 3. The van der Waals surface area contributed by atoms with E-state index in [4.69, 9.17) is 0 Å². The minimum absolute atomic E-state index is 0.0883. The largest absolute Gasteiger partial charge is 0.348 e. The summed E-state index contributed by atoms with van der Waals surface area (Å²) < 4.78 is 1.95. The van der Waals surface area contributed by atoms with Crippen molar-refractivity contribution in [1.29, 1.82) is 0 Å². The molecule has 0 atom stereocenters. The predicted molar refractivity (Wildman–Crippen MR) is 90.1 cm³/mol. The first-order valence-electron chi connectivity index (χ1n) is 7.43. The lowest BCUT2D eigenvalue weighted by Gasteiger charge is -2.06. The van der Waals surface area contributed by atoms with E-state index in [0.29, 0.717) is 6.54 Å². The molecule has 2 heterocycles. The van der Waals surface area contributed by atoms with Crippen LogP contribution in [0.3, 0.4) is 0 Å². The summed E-state index contributed by atoms with van der Waals surface area (Å²) in [5, 5.41) is 2.84. The van der Waals surface area contributed by atoms with Gasteiger partial charge in [0, 0.05) is 18.8 Å². The lowest BCUT2D eigenvalue weighted by molar-refractivity contribution is -0.116. The highest BCUT2D eigenvalue weighted by Crippen LogP contribution is 2.16. The Labute approximate surface area is 134 Å². The van der Waals surface area contributed by atoms with E-state index < -0.39 is 0 Å². The van der Waals surface area contributed by atoms with E-state index in [1.807, 2.05) is 54.8 Å². The number of pyridine rings is 1. The van der Waals surface area contributed by atoms with Crippen LogP contribution in [0.4, 0.5) is 0 Å². The number of rotatable bonds is 4. The number of imidazole rings is 1. The van der Waals surface area contributed by atoms with Crippen molar-refractivity contribution in [2.45, 2.75) is 20.4 Å². The molecule has 1 amide bonds. The molecule has 116 valence electrons. The topological polar surface area (TPSA) is 59.8 Å². The highest BCUT2D eigenvalue weighted by molar-refractivity contribution is 5.87. The molecule has 1 N–H and O–H groups in total. The Morgan fingerprint density at radius 3 is 2.74 bits per heavy atom. The Morgan fingerprint density at radius 1 is 1.17 bits per heavy atom. The van der Waals surface area contributed by atoms with Gasteiger partial charge >= 0.3 is 0 Å². The lowest BCUT2D eigenvalue weighted by Crippen LogP contribution is -2.20. The number of hydrogen-bond donors (Lipinski definition) is 1. The van der Waals surface area contributed by atoms with Gasteiger partial charge in [-0.05, 0) is 37.6 Å². The van der Waals surface area contributed by atoms with E-state index in [0.717, 1.165) is 28.0 Å². The van der Waals surface area contributed by atoms with Crippen LogP contribution in [0.5, 0.6) is 0 Å². The van der Waals surface area contributed by atoms with Crippen LogP contribution in [0, 0.1) is 0 Å². The van der Waals surface area contributed by atoms with Crippen LogP contribution in [0.15, 0.2) is 60.6 Å². The molecule has 5 heteroatoms. The number of hydrogen-bond acceptors (Lipinski definition) is 3. The van der Waals surface area contributed by atoms with Gasteiger partial charge in [-0.2, -0.15) is 0 Å². The van der Waals surface area contributed by atoms with Gasteiger partial charge in [-0.3, -0.25) is 9.36 Å². The summed E-state index contributed by atoms with van der Waals surface area (Å²) in [6.45, 7) is 4.25. The predicted octanol–water partition coefficient (Wildman–Crippen LogP) is 3.00. The summed E-state index contributed by atoms with van der Waals surface area (Å²) in [6, 6.07) is 11.8. The molecule has 0 aliphatic rings. The second-order valence-corrected chi connectivity index (χ2v) is 5.57. The Hall–Kier alpha value is -2.95. The van der Waals surface area contributed by atoms with Crippen molar-refractivity contribution in [1.82, 2.24) is 19.9 Å². The van der Waals surface area contributed by atoms with Crippen LogP contribution < -0.4 is 5.32 Å². The Kier molecular flexibility index (Phi) is 4.19. The molecule has 0 aliphatic heterocycles. The van der Waals surface area contributed by atoms with Crippen LogP contribution in [0.2, 0.25) is 0 Å². The Balaban J connectivity index is 1.75.